The highest BCUT2D eigenvalue weighted by Crippen LogP contribution is 1.91. The third-order valence-electron chi connectivity index (χ3n) is 1.26. The fourth-order valence-corrected chi connectivity index (χ4v) is 0.710. The Hall–Kier alpha value is -0.350. The molecule has 0 aliphatic rings. The van der Waals surface area contributed by atoms with E-state index in [0.717, 1.165) is 0 Å². The molecular formula is C6H12BrN3. The molecule has 0 aliphatic heterocycles. The number of rotatable bonds is 1. The molecule has 4 heteroatoms. The second kappa shape index (κ2) is 3.73. The van der Waals surface area contributed by atoms with Crippen molar-refractivity contribution in [3.63, 3.8) is 0 Å². The first-order chi connectivity index (χ1) is 4.20. The maximum Gasteiger partial charge on any atom is 0.244 e. The van der Waals surface area contributed by atoms with E-state index in [1.54, 1.807) is 0 Å². The lowest BCUT2D eigenvalue weighted by molar-refractivity contribution is -0.671. The van der Waals surface area contributed by atoms with Gasteiger partial charge in [-0.3, -0.25) is 5.73 Å². The molecule has 0 amide bonds. The molecule has 0 bridgehead atoms. The summed E-state index contributed by atoms with van der Waals surface area (Å²) in [6.45, 7) is 1.94. The Kier molecular flexibility index (Phi) is 3.60. The lowest BCUT2D eigenvalue weighted by atomic mass is 10.6. The summed E-state index contributed by atoms with van der Waals surface area (Å²) in [4.78, 5) is 0. The zero-order valence-corrected chi connectivity index (χ0v) is 7.75. The quantitative estimate of drug-likeness (QED) is 0.482. The van der Waals surface area contributed by atoms with Crippen molar-refractivity contribution in [2.45, 2.75) is 13.1 Å². The second-order valence-electron chi connectivity index (χ2n) is 2.27. The van der Waals surface area contributed by atoms with Gasteiger partial charge in [0.2, 0.25) is 6.33 Å². The molecule has 0 fully saturated rings. The lowest BCUT2D eigenvalue weighted by Crippen LogP contribution is -3.00. The van der Waals surface area contributed by atoms with Gasteiger partial charge in [-0.2, -0.15) is 0 Å². The van der Waals surface area contributed by atoms with Crippen LogP contribution in [0, 0.1) is 0 Å². The van der Waals surface area contributed by atoms with Gasteiger partial charge in [0.05, 0.1) is 7.05 Å². The van der Waals surface area contributed by atoms with Crippen LogP contribution in [0.3, 0.4) is 0 Å². The molecule has 58 valence electrons. The molecule has 0 spiro atoms. The molecule has 0 aromatic carbocycles. The van der Waals surface area contributed by atoms with Crippen LogP contribution >= 0.6 is 0 Å². The van der Waals surface area contributed by atoms with Crippen LogP contribution in [0.2, 0.25) is 0 Å². The minimum Gasteiger partial charge on any atom is -1.00 e. The van der Waals surface area contributed by atoms with Gasteiger partial charge in [0.25, 0.3) is 0 Å². The molecule has 1 unspecified atom stereocenters. The lowest BCUT2D eigenvalue weighted by Gasteiger charge is -1.96. The zero-order chi connectivity index (χ0) is 6.85. The Labute approximate surface area is 71.2 Å². The van der Waals surface area contributed by atoms with Crippen molar-refractivity contribution < 1.29 is 21.5 Å². The SMILES string of the molecule is CC(N)n1cc[n+](C)c1.[Br-]. The van der Waals surface area contributed by atoms with Gasteiger partial charge in [-0.25, -0.2) is 9.13 Å². The summed E-state index contributed by atoms with van der Waals surface area (Å²) in [7, 11) is 1.97. The molecule has 0 saturated carbocycles. The van der Waals surface area contributed by atoms with E-state index < -0.39 is 0 Å². The second-order valence-corrected chi connectivity index (χ2v) is 2.27. The molecule has 1 heterocycles. The van der Waals surface area contributed by atoms with E-state index in [1.165, 1.54) is 0 Å². The fraction of sp³-hybridized carbons (Fsp3) is 0.500. The summed E-state index contributed by atoms with van der Waals surface area (Å²) in [5.41, 5.74) is 5.58. The third-order valence-corrected chi connectivity index (χ3v) is 1.26. The largest absolute Gasteiger partial charge is 1.00 e. The van der Waals surface area contributed by atoms with E-state index in [0.29, 0.717) is 0 Å². The summed E-state index contributed by atoms with van der Waals surface area (Å²) in [6.07, 6.45) is 5.94. The predicted octanol–water partition coefficient (Wildman–Crippen LogP) is -3.21. The van der Waals surface area contributed by atoms with Crippen molar-refractivity contribution in [2.24, 2.45) is 12.8 Å². The van der Waals surface area contributed by atoms with Crippen LogP contribution in [0.5, 0.6) is 0 Å². The van der Waals surface area contributed by atoms with Gasteiger partial charge in [-0.1, -0.05) is 0 Å². The van der Waals surface area contributed by atoms with Crippen LogP contribution in [0.15, 0.2) is 18.7 Å². The number of aromatic nitrogens is 2. The normalized spacial score (nSPS) is 12.3. The van der Waals surface area contributed by atoms with Crippen LogP contribution in [0.25, 0.3) is 0 Å². The molecule has 1 aromatic heterocycles. The van der Waals surface area contributed by atoms with Crippen molar-refractivity contribution in [1.29, 1.82) is 0 Å². The maximum atomic E-state index is 5.58. The summed E-state index contributed by atoms with van der Waals surface area (Å²) in [5.74, 6) is 0. The Bertz CT molecular complexity index is 195. The van der Waals surface area contributed by atoms with Crippen molar-refractivity contribution in [2.75, 3.05) is 0 Å². The van der Waals surface area contributed by atoms with Gasteiger partial charge in [0.1, 0.15) is 18.6 Å². The topological polar surface area (TPSA) is 34.8 Å². The number of halogens is 1. The molecule has 2 N–H and O–H groups in total. The summed E-state index contributed by atoms with van der Waals surface area (Å²) in [5, 5.41) is 0. The first-order valence-corrected chi connectivity index (χ1v) is 2.98. The van der Waals surface area contributed by atoms with Crippen molar-refractivity contribution in [3.8, 4) is 0 Å². The average molecular weight is 206 g/mol. The number of imidazole rings is 1. The minimum atomic E-state index is 0. The predicted molar refractivity (Wildman–Crippen MR) is 34.5 cm³/mol. The summed E-state index contributed by atoms with van der Waals surface area (Å²) < 4.78 is 3.91. The van der Waals surface area contributed by atoms with Crippen LogP contribution in [-0.4, -0.2) is 4.57 Å². The number of aryl methyl sites for hydroxylation is 1. The van der Waals surface area contributed by atoms with Gasteiger partial charge in [-0.15, -0.1) is 0 Å². The molecule has 1 atom stereocenters. The summed E-state index contributed by atoms with van der Waals surface area (Å²) >= 11 is 0. The molecule has 0 aliphatic carbocycles. The van der Waals surface area contributed by atoms with E-state index in [-0.39, 0.29) is 23.1 Å². The first-order valence-electron chi connectivity index (χ1n) is 2.98. The number of hydrogen-bond acceptors (Lipinski definition) is 1. The van der Waals surface area contributed by atoms with E-state index >= 15 is 0 Å². The maximum absolute atomic E-state index is 5.58. The van der Waals surface area contributed by atoms with Gasteiger partial charge >= 0.3 is 0 Å². The van der Waals surface area contributed by atoms with E-state index in [4.69, 9.17) is 5.73 Å². The van der Waals surface area contributed by atoms with E-state index in [9.17, 15) is 0 Å². The minimum absolute atomic E-state index is 0. The Morgan fingerprint density at radius 3 is 2.40 bits per heavy atom. The highest BCUT2D eigenvalue weighted by molar-refractivity contribution is 4.68. The van der Waals surface area contributed by atoms with Crippen LogP contribution in [0.4, 0.5) is 0 Å². The van der Waals surface area contributed by atoms with Gasteiger partial charge in [-0.05, 0) is 6.92 Å². The molecule has 3 nitrogen and oxygen atoms in total. The monoisotopic (exact) mass is 205 g/mol. The van der Waals surface area contributed by atoms with Crippen LogP contribution in [-0.2, 0) is 7.05 Å². The van der Waals surface area contributed by atoms with Gasteiger partial charge in [0.15, 0.2) is 0 Å². The Morgan fingerprint density at radius 2 is 2.20 bits per heavy atom. The molecule has 0 radical (unpaired) electrons. The highest BCUT2D eigenvalue weighted by atomic mass is 79.9. The molecular weight excluding hydrogens is 194 g/mol. The smallest absolute Gasteiger partial charge is 0.244 e. The van der Waals surface area contributed by atoms with E-state index in [1.807, 2.05) is 41.8 Å². The number of nitrogens with two attached hydrogens (primary N) is 1. The third kappa shape index (κ3) is 2.11. The Morgan fingerprint density at radius 1 is 1.60 bits per heavy atom. The van der Waals surface area contributed by atoms with Gasteiger partial charge in [0, 0.05) is 0 Å². The Balaban J connectivity index is 0.000000810. The van der Waals surface area contributed by atoms with Crippen molar-refractivity contribution >= 4 is 0 Å². The highest BCUT2D eigenvalue weighted by Gasteiger charge is 2.02. The number of hydrogen-bond donors (Lipinski definition) is 1. The number of nitrogens with zero attached hydrogens (tertiary/aromatic N) is 2. The molecule has 0 saturated heterocycles. The van der Waals surface area contributed by atoms with Crippen LogP contribution in [0.1, 0.15) is 13.1 Å². The van der Waals surface area contributed by atoms with E-state index in [2.05, 4.69) is 0 Å². The van der Waals surface area contributed by atoms with Crippen molar-refractivity contribution in [3.05, 3.63) is 18.7 Å². The standard InChI is InChI=1S/C6H12N3.BrH/c1-6(7)9-4-3-8(2)5-9;/h3-6H,7H2,1-2H3;1H/q+1;/p-1. The zero-order valence-electron chi connectivity index (χ0n) is 6.16. The van der Waals surface area contributed by atoms with Gasteiger partial charge < -0.3 is 17.0 Å². The average Bonchev–Trinajstić information content (AvgIpc) is 2.14. The van der Waals surface area contributed by atoms with Crippen LogP contribution < -0.4 is 27.3 Å². The molecule has 1 aromatic rings. The first kappa shape index (κ1) is 9.65. The van der Waals surface area contributed by atoms with Crippen molar-refractivity contribution in [1.82, 2.24) is 4.57 Å². The molecule has 1 rings (SSSR count). The fourth-order valence-electron chi connectivity index (χ4n) is 0.710. The summed E-state index contributed by atoms with van der Waals surface area (Å²) in [6, 6.07) is 0. The molecule has 10 heavy (non-hydrogen) atoms.